The van der Waals surface area contributed by atoms with Crippen molar-refractivity contribution in [2.24, 2.45) is 0 Å². The summed E-state index contributed by atoms with van der Waals surface area (Å²) in [5, 5.41) is 3.61. The fourth-order valence-electron chi connectivity index (χ4n) is 1.67. The maximum absolute atomic E-state index is 13.3. The van der Waals surface area contributed by atoms with Crippen molar-refractivity contribution in [3.05, 3.63) is 29.8 Å². The van der Waals surface area contributed by atoms with Gasteiger partial charge in [0.2, 0.25) is 0 Å². The Hall–Kier alpha value is -0.610. The lowest BCUT2D eigenvalue weighted by molar-refractivity contribution is 0.529. The number of hydrogen-bond donors (Lipinski definition) is 1. The van der Waals surface area contributed by atoms with Crippen LogP contribution in [-0.4, -0.2) is 18.3 Å². The van der Waals surface area contributed by atoms with Gasteiger partial charge < -0.3 is 5.32 Å². The summed E-state index contributed by atoms with van der Waals surface area (Å²) < 4.78 is 26.2. The van der Waals surface area contributed by atoms with Crippen molar-refractivity contribution >= 4 is 11.8 Å². The van der Waals surface area contributed by atoms with Gasteiger partial charge in [0.15, 0.2) is 0 Å². The standard InChI is InChI=1S/C11H13F2NS/c12-8-3-4-10(13)11(6-8)15-9-2-1-5-14-7-9/h3-4,6,9,14H,1-2,5,7H2. The molecule has 0 saturated carbocycles. The van der Waals surface area contributed by atoms with Crippen LogP contribution in [0.4, 0.5) is 8.78 Å². The van der Waals surface area contributed by atoms with Crippen LogP contribution in [0.1, 0.15) is 12.8 Å². The SMILES string of the molecule is Fc1ccc(F)c(SC2CCCNC2)c1. The van der Waals surface area contributed by atoms with Crippen LogP contribution in [0.2, 0.25) is 0 Å². The van der Waals surface area contributed by atoms with Crippen LogP contribution in [-0.2, 0) is 0 Å². The van der Waals surface area contributed by atoms with Gasteiger partial charge in [-0.2, -0.15) is 0 Å². The zero-order valence-corrected chi connectivity index (χ0v) is 9.12. The summed E-state index contributed by atoms with van der Waals surface area (Å²) in [7, 11) is 0. The molecule has 0 radical (unpaired) electrons. The minimum Gasteiger partial charge on any atom is -0.316 e. The molecule has 0 aliphatic carbocycles. The fraction of sp³-hybridized carbons (Fsp3) is 0.455. The van der Waals surface area contributed by atoms with E-state index in [0.29, 0.717) is 10.1 Å². The van der Waals surface area contributed by atoms with E-state index in [0.717, 1.165) is 32.0 Å². The third-order valence-corrected chi connectivity index (χ3v) is 3.74. The molecule has 1 N–H and O–H groups in total. The predicted octanol–water partition coefficient (Wildman–Crippen LogP) is 2.81. The lowest BCUT2D eigenvalue weighted by Gasteiger charge is -2.22. The molecule has 0 aromatic heterocycles. The third kappa shape index (κ3) is 2.92. The fourth-order valence-corrected chi connectivity index (χ4v) is 2.87. The van der Waals surface area contributed by atoms with Gasteiger partial charge in [-0.3, -0.25) is 0 Å². The number of rotatable bonds is 2. The lowest BCUT2D eigenvalue weighted by atomic mass is 10.2. The van der Waals surface area contributed by atoms with Gasteiger partial charge in [-0.05, 0) is 37.6 Å². The van der Waals surface area contributed by atoms with Crippen molar-refractivity contribution in [2.75, 3.05) is 13.1 Å². The Morgan fingerprint density at radius 1 is 1.33 bits per heavy atom. The minimum absolute atomic E-state index is 0.327. The molecule has 1 unspecified atom stereocenters. The van der Waals surface area contributed by atoms with Crippen LogP contribution in [0, 0.1) is 11.6 Å². The largest absolute Gasteiger partial charge is 0.316 e. The van der Waals surface area contributed by atoms with Gasteiger partial charge in [0.05, 0.1) is 0 Å². The molecule has 1 aromatic rings. The molecule has 4 heteroatoms. The second-order valence-electron chi connectivity index (χ2n) is 3.66. The molecule has 1 heterocycles. The Kier molecular flexibility index (Phi) is 3.59. The van der Waals surface area contributed by atoms with E-state index in [9.17, 15) is 8.78 Å². The normalized spacial score (nSPS) is 21.6. The predicted molar refractivity (Wildman–Crippen MR) is 58.1 cm³/mol. The van der Waals surface area contributed by atoms with E-state index >= 15 is 0 Å². The molecule has 1 aliphatic rings. The van der Waals surface area contributed by atoms with Gasteiger partial charge in [0.1, 0.15) is 11.6 Å². The first kappa shape index (κ1) is 10.9. The summed E-state index contributed by atoms with van der Waals surface area (Å²) in [5.74, 6) is -0.699. The van der Waals surface area contributed by atoms with E-state index in [1.165, 1.54) is 23.9 Å². The van der Waals surface area contributed by atoms with Crippen LogP contribution in [0.5, 0.6) is 0 Å². The third-order valence-electron chi connectivity index (χ3n) is 2.44. The second-order valence-corrected chi connectivity index (χ2v) is 5.00. The maximum Gasteiger partial charge on any atom is 0.136 e. The first-order valence-corrected chi connectivity index (χ1v) is 5.96. The highest BCUT2D eigenvalue weighted by Crippen LogP contribution is 2.29. The van der Waals surface area contributed by atoms with Gasteiger partial charge in [-0.1, -0.05) is 0 Å². The summed E-state index contributed by atoms with van der Waals surface area (Å²) >= 11 is 1.43. The lowest BCUT2D eigenvalue weighted by Crippen LogP contribution is -2.31. The summed E-state index contributed by atoms with van der Waals surface area (Å²) in [5.41, 5.74) is 0. The Morgan fingerprint density at radius 2 is 2.20 bits per heavy atom. The summed E-state index contributed by atoms with van der Waals surface area (Å²) in [6.45, 7) is 1.91. The van der Waals surface area contributed by atoms with Crippen molar-refractivity contribution in [1.82, 2.24) is 5.32 Å². The van der Waals surface area contributed by atoms with Crippen molar-refractivity contribution in [3.63, 3.8) is 0 Å². The molecule has 1 fully saturated rings. The van der Waals surface area contributed by atoms with E-state index in [2.05, 4.69) is 5.32 Å². The van der Waals surface area contributed by atoms with E-state index < -0.39 is 0 Å². The zero-order valence-electron chi connectivity index (χ0n) is 8.30. The van der Waals surface area contributed by atoms with Crippen LogP contribution >= 0.6 is 11.8 Å². The molecular formula is C11H13F2NS. The van der Waals surface area contributed by atoms with Crippen LogP contribution < -0.4 is 5.32 Å². The monoisotopic (exact) mass is 229 g/mol. The zero-order chi connectivity index (χ0) is 10.7. The smallest absolute Gasteiger partial charge is 0.136 e. The molecule has 0 bridgehead atoms. The van der Waals surface area contributed by atoms with E-state index in [-0.39, 0.29) is 11.6 Å². The van der Waals surface area contributed by atoms with E-state index in [1.807, 2.05) is 0 Å². The highest BCUT2D eigenvalue weighted by atomic mass is 32.2. The number of piperidine rings is 1. The first-order valence-electron chi connectivity index (χ1n) is 5.08. The molecular weight excluding hydrogens is 216 g/mol. The molecule has 15 heavy (non-hydrogen) atoms. The molecule has 1 nitrogen and oxygen atoms in total. The van der Waals surface area contributed by atoms with Crippen molar-refractivity contribution in [2.45, 2.75) is 23.0 Å². The molecule has 1 atom stereocenters. The van der Waals surface area contributed by atoms with Crippen LogP contribution in [0.15, 0.2) is 23.1 Å². The molecule has 1 aliphatic heterocycles. The van der Waals surface area contributed by atoms with Crippen LogP contribution in [0.3, 0.4) is 0 Å². The minimum atomic E-state index is -0.373. The highest BCUT2D eigenvalue weighted by Gasteiger charge is 2.16. The number of hydrogen-bond acceptors (Lipinski definition) is 2. The number of nitrogens with one attached hydrogen (secondary N) is 1. The average molecular weight is 229 g/mol. The second kappa shape index (κ2) is 4.94. The molecule has 82 valence electrons. The van der Waals surface area contributed by atoms with Crippen LogP contribution in [0.25, 0.3) is 0 Å². The Morgan fingerprint density at radius 3 is 2.93 bits per heavy atom. The first-order chi connectivity index (χ1) is 7.25. The summed E-state index contributed by atoms with van der Waals surface area (Å²) in [6, 6.07) is 3.61. The highest BCUT2D eigenvalue weighted by molar-refractivity contribution is 8.00. The molecule has 1 aromatic carbocycles. The summed E-state index contributed by atoms with van der Waals surface area (Å²) in [6.07, 6.45) is 2.17. The van der Waals surface area contributed by atoms with Crippen molar-refractivity contribution in [1.29, 1.82) is 0 Å². The summed E-state index contributed by atoms with van der Waals surface area (Å²) in [4.78, 5) is 0.420. The Labute approximate surface area is 92.3 Å². The maximum atomic E-state index is 13.3. The van der Waals surface area contributed by atoms with E-state index in [4.69, 9.17) is 0 Å². The number of benzene rings is 1. The van der Waals surface area contributed by atoms with Gasteiger partial charge in [0, 0.05) is 16.7 Å². The average Bonchev–Trinajstić information content (AvgIpc) is 2.25. The van der Waals surface area contributed by atoms with Gasteiger partial charge in [-0.15, -0.1) is 11.8 Å². The molecule has 2 rings (SSSR count). The van der Waals surface area contributed by atoms with Crippen molar-refractivity contribution < 1.29 is 8.78 Å². The Balaban J connectivity index is 2.05. The van der Waals surface area contributed by atoms with E-state index in [1.54, 1.807) is 0 Å². The van der Waals surface area contributed by atoms with Crippen molar-refractivity contribution in [3.8, 4) is 0 Å². The number of thioether (sulfide) groups is 1. The molecule has 0 spiro atoms. The Bertz CT molecular complexity index is 337. The van der Waals surface area contributed by atoms with Gasteiger partial charge in [-0.25, -0.2) is 8.78 Å². The van der Waals surface area contributed by atoms with Gasteiger partial charge >= 0.3 is 0 Å². The molecule has 0 amide bonds. The molecule has 1 saturated heterocycles. The van der Waals surface area contributed by atoms with Gasteiger partial charge in [0.25, 0.3) is 0 Å². The number of halogens is 2. The topological polar surface area (TPSA) is 12.0 Å². The quantitative estimate of drug-likeness (QED) is 0.837.